The van der Waals surface area contributed by atoms with Gasteiger partial charge < -0.3 is 15.5 Å². The largest absolute Gasteiger partial charge is 0.378 e. The highest BCUT2D eigenvalue weighted by Crippen LogP contribution is 2.34. The van der Waals surface area contributed by atoms with Crippen molar-refractivity contribution in [3.63, 3.8) is 0 Å². The topological polar surface area (TPSA) is 56.7 Å². The van der Waals surface area contributed by atoms with Gasteiger partial charge in [0.2, 0.25) is 0 Å². The number of carbonyl (C=O) groups is 1. The van der Waals surface area contributed by atoms with Gasteiger partial charge in [-0.2, -0.15) is 0 Å². The molecule has 158 valence electrons. The zero-order chi connectivity index (χ0) is 21.7. The second-order valence-corrected chi connectivity index (χ2v) is 9.02. The lowest BCUT2D eigenvalue weighted by atomic mass is 9.95. The fourth-order valence-electron chi connectivity index (χ4n) is 3.18. The van der Waals surface area contributed by atoms with Crippen molar-refractivity contribution in [1.29, 1.82) is 0 Å². The van der Waals surface area contributed by atoms with Crippen LogP contribution >= 0.6 is 11.8 Å². The quantitative estimate of drug-likeness (QED) is 0.684. The number of carbonyl (C=O) groups excluding carboxylic acids is 1. The van der Waals surface area contributed by atoms with Crippen molar-refractivity contribution in [1.82, 2.24) is 5.32 Å². The van der Waals surface area contributed by atoms with Crippen molar-refractivity contribution < 1.29 is 4.79 Å². The Hall–Kier alpha value is -2.73. The lowest BCUT2D eigenvalue weighted by Crippen LogP contribution is -2.32. The van der Waals surface area contributed by atoms with Crippen molar-refractivity contribution >= 4 is 34.2 Å². The highest BCUT2D eigenvalue weighted by Gasteiger charge is 2.29. The van der Waals surface area contributed by atoms with Crippen LogP contribution in [-0.4, -0.2) is 30.9 Å². The third kappa shape index (κ3) is 5.45. The summed E-state index contributed by atoms with van der Waals surface area (Å²) in [7, 11) is 4.03. The first-order valence-corrected chi connectivity index (χ1v) is 11.2. The molecule has 0 fully saturated rings. The lowest BCUT2D eigenvalue weighted by Gasteiger charge is -2.27. The number of hydrogen-bond donors (Lipinski definition) is 2. The Kier molecular flexibility index (Phi) is 7.21. The Bertz CT molecular complexity index is 933. The van der Waals surface area contributed by atoms with E-state index < -0.39 is 0 Å². The molecular weight excluding hydrogens is 392 g/mol. The maximum absolute atomic E-state index is 13.2. The highest BCUT2D eigenvalue weighted by atomic mass is 32.2. The van der Waals surface area contributed by atoms with E-state index in [0.717, 1.165) is 33.6 Å². The summed E-state index contributed by atoms with van der Waals surface area (Å²) in [6.07, 6.45) is 0. The summed E-state index contributed by atoms with van der Waals surface area (Å²) >= 11 is 1.70. The van der Waals surface area contributed by atoms with E-state index in [4.69, 9.17) is 4.99 Å². The number of aliphatic imine (C=N–C) groups is 1. The third-order valence-electron chi connectivity index (χ3n) is 4.77. The van der Waals surface area contributed by atoms with Gasteiger partial charge in [0.1, 0.15) is 6.04 Å². The molecule has 2 N–H and O–H groups in total. The molecular formula is C24H30N4OS. The van der Waals surface area contributed by atoms with Crippen molar-refractivity contribution in [2.45, 2.75) is 26.8 Å². The molecule has 1 aliphatic heterocycles. The Labute approximate surface area is 183 Å². The van der Waals surface area contributed by atoms with Gasteiger partial charge >= 0.3 is 0 Å². The number of allylic oxidation sites excluding steroid dienone is 1. The van der Waals surface area contributed by atoms with Crippen LogP contribution in [-0.2, 0) is 4.79 Å². The predicted molar refractivity (Wildman–Crippen MR) is 129 cm³/mol. The molecule has 2 aromatic rings. The van der Waals surface area contributed by atoms with Crippen LogP contribution in [0.3, 0.4) is 0 Å². The molecule has 5 nitrogen and oxygen atoms in total. The summed E-state index contributed by atoms with van der Waals surface area (Å²) in [5.74, 6) is 1.39. The molecule has 0 spiro atoms. The van der Waals surface area contributed by atoms with Crippen LogP contribution in [0.15, 0.2) is 70.9 Å². The molecule has 1 amide bonds. The number of thioether (sulfide) groups is 1. The summed E-state index contributed by atoms with van der Waals surface area (Å²) in [6.45, 7) is 6.33. The van der Waals surface area contributed by atoms with Gasteiger partial charge in [-0.3, -0.25) is 4.79 Å². The van der Waals surface area contributed by atoms with E-state index in [1.165, 1.54) is 0 Å². The summed E-state index contributed by atoms with van der Waals surface area (Å²) in [5, 5.41) is 7.22. The molecule has 1 aliphatic rings. The van der Waals surface area contributed by atoms with Crippen molar-refractivity contribution in [2.75, 3.05) is 30.1 Å². The van der Waals surface area contributed by atoms with Gasteiger partial charge in [-0.15, -0.1) is 0 Å². The minimum Gasteiger partial charge on any atom is -0.378 e. The minimum absolute atomic E-state index is 0.135. The maximum atomic E-state index is 13.2. The number of anilines is 2. The van der Waals surface area contributed by atoms with Gasteiger partial charge in [-0.05, 0) is 42.7 Å². The van der Waals surface area contributed by atoms with Gasteiger partial charge in [0.05, 0.1) is 5.57 Å². The second kappa shape index (κ2) is 9.85. The Morgan fingerprint density at radius 3 is 2.40 bits per heavy atom. The summed E-state index contributed by atoms with van der Waals surface area (Å²) in [6, 6.07) is 17.4. The number of hydrogen-bond acceptors (Lipinski definition) is 5. The average Bonchev–Trinajstić information content (AvgIpc) is 2.72. The van der Waals surface area contributed by atoms with Crippen molar-refractivity contribution in [3.05, 3.63) is 71.4 Å². The van der Waals surface area contributed by atoms with E-state index in [-0.39, 0.29) is 11.9 Å². The van der Waals surface area contributed by atoms with E-state index in [2.05, 4.69) is 53.6 Å². The number of nitrogens with zero attached hydrogens (tertiary/aromatic N) is 2. The number of nitrogens with one attached hydrogen (secondary N) is 2. The van der Waals surface area contributed by atoms with Gasteiger partial charge in [0, 0.05) is 36.9 Å². The summed E-state index contributed by atoms with van der Waals surface area (Å²) < 4.78 is 0. The van der Waals surface area contributed by atoms with E-state index in [1.54, 1.807) is 11.8 Å². The van der Waals surface area contributed by atoms with E-state index in [0.29, 0.717) is 11.5 Å². The van der Waals surface area contributed by atoms with Crippen molar-refractivity contribution in [3.8, 4) is 0 Å². The molecule has 1 heterocycles. The highest BCUT2D eigenvalue weighted by molar-refractivity contribution is 8.13. The molecule has 0 aliphatic carbocycles. The minimum atomic E-state index is -0.346. The Morgan fingerprint density at radius 2 is 1.80 bits per heavy atom. The molecule has 30 heavy (non-hydrogen) atoms. The summed E-state index contributed by atoms with van der Waals surface area (Å²) in [5.41, 5.74) is 4.37. The molecule has 1 atom stereocenters. The fraction of sp³-hybridized carbons (Fsp3) is 0.333. The smallest absolute Gasteiger partial charge is 0.255 e. The zero-order valence-corrected chi connectivity index (χ0v) is 19.1. The number of benzene rings is 2. The van der Waals surface area contributed by atoms with Gasteiger partial charge in [-0.1, -0.05) is 55.9 Å². The monoisotopic (exact) mass is 422 g/mol. The molecule has 0 saturated carbocycles. The first kappa shape index (κ1) is 22.0. The van der Waals surface area contributed by atoms with E-state index in [1.807, 2.05) is 51.4 Å². The number of rotatable bonds is 6. The number of amidine groups is 1. The fourth-order valence-corrected chi connectivity index (χ4v) is 4.07. The molecule has 2 aromatic carbocycles. The molecule has 0 radical (unpaired) electrons. The normalized spacial score (nSPS) is 16.2. The van der Waals surface area contributed by atoms with Gasteiger partial charge in [0.15, 0.2) is 5.17 Å². The van der Waals surface area contributed by atoms with Crippen LogP contribution in [0.4, 0.5) is 11.4 Å². The van der Waals surface area contributed by atoms with Gasteiger partial charge in [0.25, 0.3) is 5.91 Å². The third-order valence-corrected chi connectivity index (χ3v) is 6.09. The first-order valence-electron chi connectivity index (χ1n) is 10.2. The number of amides is 1. The van der Waals surface area contributed by atoms with Crippen LogP contribution in [0, 0.1) is 5.92 Å². The molecule has 0 saturated heterocycles. The summed E-state index contributed by atoms with van der Waals surface area (Å²) in [4.78, 5) is 20.2. The number of para-hydroxylation sites is 1. The van der Waals surface area contributed by atoms with E-state index in [9.17, 15) is 4.79 Å². The molecule has 0 bridgehead atoms. The van der Waals surface area contributed by atoms with Gasteiger partial charge in [-0.25, -0.2) is 4.99 Å². The Balaban J connectivity index is 1.93. The average molecular weight is 423 g/mol. The maximum Gasteiger partial charge on any atom is 0.255 e. The Morgan fingerprint density at radius 1 is 1.13 bits per heavy atom. The predicted octanol–water partition coefficient (Wildman–Crippen LogP) is 5.05. The van der Waals surface area contributed by atoms with Crippen LogP contribution in [0.2, 0.25) is 0 Å². The zero-order valence-electron chi connectivity index (χ0n) is 18.3. The molecule has 6 heteroatoms. The second-order valence-electron chi connectivity index (χ2n) is 8.01. The standard InChI is InChI=1S/C24H30N4OS/c1-16(2)15-30-24-25-17(3)21(23(29)26-19-9-7-6-8-10-19)22(27-24)18-11-13-20(14-12-18)28(4)5/h6-14,16,22H,15H2,1-5H3,(H,25,27)(H,26,29)/t22-/m1/s1. The lowest BCUT2D eigenvalue weighted by molar-refractivity contribution is -0.113. The van der Waals surface area contributed by atoms with Crippen LogP contribution in [0.5, 0.6) is 0 Å². The van der Waals surface area contributed by atoms with Crippen molar-refractivity contribution in [2.24, 2.45) is 10.9 Å². The SMILES string of the molecule is CC1=C(C(=O)Nc2ccccc2)[C@@H](c2ccc(N(C)C)cc2)N=C(SCC(C)C)N1. The first-order chi connectivity index (χ1) is 14.3. The van der Waals surface area contributed by atoms with Crippen LogP contribution < -0.4 is 15.5 Å². The van der Waals surface area contributed by atoms with E-state index >= 15 is 0 Å². The van der Waals surface area contributed by atoms with Crippen LogP contribution in [0.25, 0.3) is 0 Å². The molecule has 0 aromatic heterocycles. The molecule has 0 unspecified atom stereocenters. The molecule has 3 rings (SSSR count). The van der Waals surface area contributed by atoms with Crippen LogP contribution in [0.1, 0.15) is 32.4 Å².